The van der Waals surface area contributed by atoms with Crippen molar-refractivity contribution in [2.75, 3.05) is 12.8 Å². The van der Waals surface area contributed by atoms with Gasteiger partial charge in [0.1, 0.15) is 5.75 Å². The first-order valence-electron chi connectivity index (χ1n) is 8.02. The van der Waals surface area contributed by atoms with E-state index in [-0.39, 0.29) is 5.69 Å². The van der Waals surface area contributed by atoms with Crippen molar-refractivity contribution in [1.29, 1.82) is 0 Å². The molecule has 1 heterocycles. The molecule has 0 fully saturated rings. The lowest BCUT2D eigenvalue weighted by Gasteiger charge is -2.08. The molecule has 1 aromatic heterocycles. The highest BCUT2D eigenvalue weighted by molar-refractivity contribution is 5.62. The molecule has 7 nitrogen and oxygen atoms in total. The number of aryl methyl sites for hydroxylation is 1. The number of nitrogen functional groups attached to an aromatic ring is 1. The van der Waals surface area contributed by atoms with Gasteiger partial charge in [0.05, 0.1) is 18.5 Å². The molecule has 3 aromatic rings. The number of anilines is 1. The molecule has 0 atom stereocenters. The molecule has 0 bridgehead atoms. The lowest BCUT2D eigenvalue weighted by Crippen LogP contribution is -2.16. The molecule has 0 unspecified atom stereocenters. The topological polar surface area (TPSA) is 112 Å². The molecule has 2 aromatic carbocycles. The molecule has 130 valence electrons. The first kappa shape index (κ1) is 16.8. The third-order valence-corrected chi connectivity index (χ3v) is 4.13. The van der Waals surface area contributed by atoms with Crippen LogP contribution in [-0.4, -0.2) is 21.9 Å². The molecule has 25 heavy (non-hydrogen) atoms. The van der Waals surface area contributed by atoms with Gasteiger partial charge in [-0.25, -0.2) is 4.79 Å². The summed E-state index contributed by atoms with van der Waals surface area (Å²) in [5.74, 6) is 1.00. The lowest BCUT2D eigenvalue weighted by atomic mass is 10.0. The van der Waals surface area contributed by atoms with Gasteiger partial charge in [0.25, 0.3) is 0 Å². The summed E-state index contributed by atoms with van der Waals surface area (Å²) in [5, 5.41) is 4.45. The second kappa shape index (κ2) is 6.82. The van der Waals surface area contributed by atoms with Gasteiger partial charge in [0.15, 0.2) is 5.82 Å². The molecule has 0 radical (unpaired) electrons. The van der Waals surface area contributed by atoms with Gasteiger partial charge >= 0.3 is 5.69 Å². The van der Waals surface area contributed by atoms with Crippen molar-refractivity contribution in [3.8, 4) is 22.8 Å². The largest absolute Gasteiger partial charge is 0.495 e. The van der Waals surface area contributed by atoms with Crippen LogP contribution in [0.3, 0.4) is 0 Å². The molecule has 0 aliphatic rings. The van der Waals surface area contributed by atoms with Gasteiger partial charge in [0, 0.05) is 18.2 Å². The normalized spacial score (nSPS) is 10.8. The van der Waals surface area contributed by atoms with E-state index in [0.29, 0.717) is 29.5 Å². The van der Waals surface area contributed by atoms with E-state index in [4.69, 9.17) is 16.2 Å². The van der Waals surface area contributed by atoms with Gasteiger partial charge in [-0.05, 0) is 35.7 Å². The molecule has 0 aliphatic heterocycles. The van der Waals surface area contributed by atoms with Crippen molar-refractivity contribution >= 4 is 5.69 Å². The Morgan fingerprint density at radius 1 is 1.24 bits per heavy atom. The van der Waals surface area contributed by atoms with Crippen LogP contribution in [-0.2, 0) is 13.0 Å². The number of nitrogens with two attached hydrogens (primary N) is 2. The molecule has 0 saturated carbocycles. The number of aromatic amines is 1. The SMILES string of the molecule is CCc1ccc(CN)cc1-c1nn(-c2ccc(N)c(OC)c2)c(=O)[nH]1. The molecule has 0 amide bonds. The fraction of sp³-hybridized carbons (Fsp3) is 0.222. The van der Waals surface area contributed by atoms with Gasteiger partial charge in [-0.15, -0.1) is 5.10 Å². The first-order valence-corrected chi connectivity index (χ1v) is 8.02. The molecular formula is C18H21N5O2. The van der Waals surface area contributed by atoms with Crippen molar-refractivity contribution in [1.82, 2.24) is 14.8 Å². The number of H-pyrrole nitrogens is 1. The van der Waals surface area contributed by atoms with E-state index in [2.05, 4.69) is 17.0 Å². The van der Waals surface area contributed by atoms with Crippen LogP contribution in [0.15, 0.2) is 41.2 Å². The van der Waals surface area contributed by atoms with E-state index in [1.807, 2.05) is 18.2 Å². The number of nitrogens with one attached hydrogen (secondary N) is 1. The predicted octanol–water partition coefficient (Wildman–Crippen LogP) is 1.84. The molecule has 0 saturated heterocycles. The van der Waals surface area contributed by atoms with Crippen LogP contribution in [0.1, 0.15) is 18.1 Å². The van der Waals surface area contributed by atoms with Crippen molar-refractivity contribution in [2.45, 2.75) is 19.9 Å². The Balaban J connectivity index is 2.11. The molecule has 0 spiro atoms. The van der Waals surface area contributed by atoms with E-state index < -0.39 is 0 Å². The second-order valence-electron chi connectivity index (χ2n) is 5.67. The lowest BCUT2D eigenvalue weighted by molar-refractivity contribution is 0.416. The first-order chi connectivity index (χ1) is 12.1. The zero-order valence-corrected chi connectivity index (χ0v) is 14.2. The zero-order valence-electron chi connectivity index (χ0n) is 14.2. The van der Waals surface area contributed by atoms with E-state index >= 15 is 0 Å². The summed E-state index contributed by atoms with van der Waals surface area (Å²) in [6, 6.07) is 11.1. The number of ether oxygens (including phenoxy) is 1. The number of hydrogen-bond acceptors (Lipinski definition) is 5. The predicted molar refractivity (Wildman–Crippen MR) is 97.9 cm³/mol. The Bertz CT molecular complexity index is 958. The van der Waals surface area contributed by atoms with Crippen molar-refractivity contribution in [3.63, 3.8) is 0 Å². The van der Waals surface area contributed by atoms with Gasteiger partial charge in [0.2, 0.25) is 0 Å². The quantitative estimate of drug-likeness (QED) is 0.614. The van der Waals surface area contributed by atoms with E-state index in [1.54, 1.807) is 18.2 Å². The third-order valence-electron chi connectivity index (χ3n) is 4.13. The Kier molecular flexibility index (Phi) is 4.58. The van der Waals surface area contributed by atoms with E-state index in [1.165, 1.54) is 11.8 Å². The number of rotatable bonds is 5. The monoisotopic (exact) mass is 339 g/mol. The standard InChI is InChI=1S/C18H21N5O2/c1-3-12-5-4-11(10-19)8-14(12)17-21-18(24)23(22-17)13-6-7-15(20)16(9-13)25-2/h4-9H,3,10,19-20H2,1-2H3,(H,21,22,24). The minimum absolute atomic E-state index is 0.331. The number of benzene rings is 2. The summed E-state index contributed by atoms with van der Waals surface area (Å²) in [6.07, 6.45) is 0.824. The smallest absolute Gasteiger partial charge is 0.348 e. The van der Waals surface area contributed by atoms with Gasteiger partial charge in [-0.2, -0.15) is 4.68 Å². The molecule has 3 rings (SSSR count). The average Bonchev–Trinajstić information content (AvgIpc) is 3.03. The van der Waals surface area contributed by atoms with Crippen LogP contribution >= 0.6 is 0 Å². The Labute approximate surface area is 145 Å². The molecule has 5 N–H and O–H groups in total. The van der Waals surface area contributed by atoms with Gasteiger partial charge in [-0.3, -0.25) is 4.98 Å². The Hall–Kier alpha value is -3.06. The average molecular weight is 339 g/mol. The van der Waals surface area contributed by atoms with E-state index in [0.717, 1.165) is 23.1 Å². The van der Waals surface area contributed by atoms with Crippen molar-refractivity contribution < 1.29 is 4.74 Å². The highest BCUT2D eigenvalue weighted by Gasteiger charge is 2.13. The van der Waals surface area contributed by atoms with Crippen molar-refractivity contribution in [2.24, 2.45) is 5.73 Å². The highest BCUT2D eigenvalue weighted by Crippen LogP contribution is 2.25. The van der Waals surface area contributed by atoms with Gasteiger partial charge in [-0.1, -0.05) is 19.1 Å². The zero-order chi connectivity index (χ0) is 18.0. The second-order valence-corrected chi connectivity index (χ2v) is 5.67. The van der Waals surface area contributed by atoms with Gasteiger partial charge < -0.3 is 16.2 Å². The summed E-state index contributed by atoms with van der Waals surface area (Å²) < 4.78 is 6.51. The molecule has 7 heteroatoms. The van der Waals surface area contributed by atoms with Crippen LogP contribution in [0.4, 0.5) is 5.69 Å². The van der Waals surface area contributed by atoms with Crippen LogP contribution in [0.25, 0.3) is 17.1 Å². The number of aromatic nitrogens is 3. The van der Waals surface area contributed by atoms with Crippen molar-refractivity contribution in [3.05, 3.63) is 58.0 Å². The number of hydrogen-bond donors (Lipinski definition) is 3. The Morgan fingerprint density at radius 2 is 2.04 bits per heavy atom. The summed E-state index contributed by atoms with van der Waals surface area (Å²) in [6.45, 7) is 2.48. The van der Waals surface area contributed by atoms with Crippen LogP contribution < -0.4 is 21.9 Å². The van der Waals surface area contributed by atoms with E-state index in [9.17, 15) is 4.79 Å². The third kappa shape index (κ3) is 3.14. The maximum atomic E-state index is 12.4. The van der Waals surface area contributed by atoms with Crippen LogP contribution in [0, 0.1) is 0 Å². The highest BCUT2D eigenvalue weighted by atomic mass is 16.5. The summed E-state index contributed by atoms with van der Waals surface area (Å²) in [5.41, 5.74) is 15.3. The maximum absolute atomic E-state index is 12.4. The summed E-state index contributed by atoms with van der Waals surface area (Å²) in [4.78, 5) is 15.2. The fourth-order valence-electron chi connectivity index (χ4n) is 2.73. The maximum Gasteiger partial charge on any atom is 0.348 e. The minimum Gasteiger partial charge on any atom is -0.495 e. The number of nitrogens with zero attached hydrogens (tertiary/aromatic N) is 2. The fourth-order valence-corrected chi connectivity index (χ4v) is 2.73. The number of methoxy groups -OCH3 is 1. The summed E-state index contributed by atoms with van der Waals surface area (Å²) >= 11 is 0. The van der Waals surface area contributed by atoms with Crippen LogP contribution in [0.5, 0.6) is 5.75 Å². The summed E-state index contributed by atoms with van der Waals surface area (Å²) in [7, 11) is 1.53. The molecule has 0 aliphatic carbocycles. The van der Waals surface area contributed by atoms with Crippen LogP contribution in [0.2, 0.25) is 0 Å². The minimum atomic E-state index is -0.331. The Morgan fingerprint density at radius 3 is 2.72 bits per heavy atom. The molecular weight excluding hydrogens is 318 g/mol.